The molecule has 1 amide bonds. The van der Waals surface area contributed by atoms with E-state index in [1.165, 1.54) is 18.2 Å². The molecule has 0 atom stereocenters. The Bertz CT molecular complexity index is 1320. The van der Waals surface area contributed by atoms with E-state index in [0.717, 1.165) is 11.6 Å². The Morgan fingerprint density at radius 3 is 2.60 bits per heavy atom. The highest BCUT2D eigenvalue weighted by atomic mass is 35.5. The number of carbonyl (C=O) groups is 1. The second-order valence-electron chi connectivity index (χ2n) is 6.87. The van der Waals surface area contributed by atoms with Crippen LogP contribution >= 0.6 is 11.6 Å². The molecular weight excluding hydrogens is 405 g/mol. The summed E-state index contributed by atoms with van der Waals surface area (Å²) in [6.45, 7) is 2.13. The fraction of sp³-hybridized carbons (Fsp3) is 0.0870. The topological polar surface area (TPSA) is 64.0 Å². The highest BCUT2D eigenvalue weighted by molar-refractivity contribution is 6.30. The zero-order valence-corrected chi connectivity index (χ0v) is 16.8. The van der Waals surface area contributed by atoms with Crippen LogP contribution in [-0.4, -0.2) is 15.5 Å². The molecule has 5 nitrogen and oxygen atoms in total. The van der Waals surface area contributed by atoms with Crippen LogP contribution in [0.5, 0.6) is 0 Å². The van der Waals surface area contributed by atoms with E-state index in [9.17, 15) is 14.0 Å². The van der Waals surface area contributed by atoms with Crippen molar-refractivity contribution < 1.29 is 9.18 Å². The van der Waals surface area contributed by atoms with E-state index >= 15 is 0 Å². The lowest BCUT2D eigenvalue weighted by Crippen LogP contribution is -2.24. The quantitative estimate of drug-likeness (QED) is 0.515. The predicted octanol–water partition coefficient (Wildman–Crippen LogP) is 4.80. The number of benzene rings is 3. The van der Waals surface area contributed by atoms with E-state index in [0.29, 0.717) is 34.0 Å². The first-order valence-corrected chi connectivity index (χ1v) is 9.61. The molecule has 0 aliphatic carbocycles. The van der Waals surface area contributed by atoms with Crippen molar-refractivity contribution in [1.82, 2.24) is 9.55 Å². The summed E-state index contributed by atoms with van der Waals surface area (Å²) in [5.74, 6) is -0.375. The van der Waals surface area contributed by atoms with Crippen molar-refractivity contribution >= 4 is 34.1 Å². The molecule has 1 aromatic heterocycles. The summed E-state index contributed by atoms with van der Waals surface area (Å²) < 4.78 is 14.9. The molecule has 0 spiro atoms. The summed E-state index contributed by atoms with van der Waals surface area (Å²) >= 11 is 5.93. The number of rotatable bonds is 4. The smallest absolute Gasteiger partial charge is 0.261 e. The number of amides is 1. The van der Waals surface area contributed by atoms with Gasteiger partial charge in [-0.15, -0.1) is 0 Å². The van der Waals surface area contributed by atoms with Crippen molar-refractivity contribution in [3.8, 4) is 0 Å². The largest absolute Gasteiger partial charge is 0.322 e. The Kier molecular flexibility index (Phi) is 5.33. The average molecular weight is 422 g/mol. The molecule has 4 rings (SSSR count). The van der Waals surface area contributed by atoms with Gasteiger partial charge in [-0.3, -0.25) is 14.2 Å². The van der Waals surface area contributed by atoms with Crippen LogP contribution in [0.15, 0.2) is 71.5 Å². The maximum absolute atomic E-state index is 13.4. The van der Waals surface area contributed by atoms with Crippen molar-refractivity contribution in [3.63, 3.8) is 0 Å². The highest BCUT2D eigenvalue weighted by Crippen LogP contribution is 2.18. The number of nitrogens with one attached hydrogen (secondary N) is 1. The van der Waals surface area contributed by atoms with Gasteiger partial charge in [0.25, 0.3) is 11.5 Å². The zero-order chi connectivity index (χ0) is 21.3. The third kappa shape index (κ3) is 4.09. The van der Waals surface area contributed by atoms with E-state index in [1.807, 2.05) is 12.1 Å². The van der Waals surface area contributed by atoms with Gasteiger partial charge in [0, 0.05) is 16.3 Å². The number of nitrogens with zero attached hydrogens (tertiary/aromatic N) is 2. The fourth-order valence-electron chi connectivity index (χ4n) is 3.20. The van der Waals surface area contributed by atoms with Gasteiger partial charge in [0.05, 0.1) is 17.4 Å². The first kappa shape index (κ1) is 19.8. The van der Waals surface area contributed by atoms with Crippen LogP contribution in [0, 0.1) is 12.7 Å². The Hall–Kier alpha value is -3.51. The zero-order valence-electron chi connectivity index (χ0n) is 16.0. The van der Waals surface area contributed by atoms with Crippen LogP contribution in [0.3, 0.4) is 0 Å². The van der Waals surface area contributed by atoms with E-state index in [-0.39, 0.29) is 11.1 Å². The van der Waals surface area contributed by atoms with E-state index in [2.05, 4.69) is 10.3 Å². The van der Waals surface area contributed by atoms with Crippen molar-refractivity contribution in [2.45, 2.75) is 13.5 Å². The van der Waals surface area contributed by atoms with Gasteiger partial charge in [0.1, 0.15) is 11.6 Å². The molecule has 3 aromatic carbocycles. The van der Waals surface area contributed by atoms with Crippen molar-refractivity contribution in [2.75, 3.05) is 5.32 Å². The molecule has 0 saturated carbocycles. The molecule has 30 heavy (non-hydrogen) atoms. The number of aryl methyl sites for hydroxylation is 1. The minimum atomic E-state index is -0.495. The van der Waals surface area contributed by atoms with E-state index < -0.39 is 11.7 Å². The molecule has 0 fully saturated rings. The Balaban J connectivity index is 1.68. The van der Waals surface area contributed by atoms with Gasteiger partial charge >= 0.3 is 0 Å². The first-order chi connectivity index (χ1) is 14.4. The van der Waals surface area contributed by atoms with Crippen LogP contribution in [0.4, 0.5) is 10.1 Å². The number of anilines is 1. The summed E-state index contributed by atoms with van der Waals surface area (Å²) in [6.07, 6.45) is 0. The number of fused-ring (bicyclic) bond motifs is 1. The minimum absolute atomic E-state index is 0.192. The lowest BCUT2D eigenvalue weighted by Gasteiger charge is -2.12. The molecule has 0 radical (unpaired) electrons. The Morgan fingerprint density at radius 2 is 1.87 bits per heavy atom. The Labute approximate surface area is 176 Å². The van der Waals surface area contributed by atoms with Gasteiger partial charge in [-0.25, -0.2) is 9.37 Å². The lowest BCUT2D eigenvalue weighted by molar-refractivity contribution is 0.102. The van der Waals surface area contributed by atoms with Crippen LogP contribution < -0.4 is 10.9 Å². The van der Waals surface area contributed by atoms with Crippen molar-refractivity contribution in [1.29, 1.82) is 0 Å². The SMILES string of the molecule is Cc1nc2ccc(NC(=O)c3cccc(F)c3)cc2c(=O)n1Cc1ccc(Cl)cc1. The number of carbonyl (C=O) groups excluding carboxylic acids is 1. The first-order valence-electron chi connectivity index (χ1n) is 9.23. The number of halogens is 2. The molecule has 4 aromatic rings. The summed E-state index contributed by atoms with van der Waals surface area (Å²) in [6, 6.07) is 17.6. The van der Waals surface area contributed by atoms with E-state index in [4.69, 9.17) is 11.6 Å². The summed E-state index contributed by atoms with van der Waals surface area (Å²) in [4.78, 5) is 30.0. The van der Waals surface area contributed by atoms with Gasteiger partial charge in [-0.1, -0.05) is 29.8 Å². The van der Waals surface area contributed by atoms with Gasteiger partial charge in [-0.2, -0.15) is 0 Å². The molecule has 7 heteroatoms. The molecule has 150 valence electrons. The van der Waals surface area contributed by atoms with Gasteiger partial charge in [-0.05, 0) is 61.0 Å². The second kappa shape index (κ2) is 8.08. The fourth-order valence-corrected chi connectivity index (χ4v) is 3.33. The molecular formula is C23H17ClFN3O2. The standard InChI is InChI=1S/C23H17ClFN3O2/c1-14-26-21-10-9-19(27-22(29)16-3-2-4-18(25)11-16)12-20(21)23(30)28(14)13-15-5-7-17(24)8-6-15/h2-12H,13H2,1H3,(H,27,29). The van der Waals surface area contributed by atoms with Gasteiger partial charge in [0.2, 0.25) is 0 Å². The molecule has 0 bridgehead atoms. The summed E-state index contributed by atoms with van der Waals surface area (Å²) in [7, 11) is 0. The summed E-state index contributed by atoms with van der Waals surface area (Å²) in [5.41, 5.74) is 1.86. The van der Waals surface area contributed by atoms with Crippen molar-refractivity contribution in [2.24, 2.45) is 0 Å². The monoisotopic (exact) mass is 421 g/mol. The average Bonchev–Trinajstić information content (AvgIpc) is 2.73. The molecule has 1 N–H and O–H groups in total. The molecule has 0 saturated heterocycles. The number of hydrogen-bond donors (Lipinski definition) is 1. The normalized spacial score (nSPS) is 10.9. The number of hydrogen-bond acceptors (Lipinski definition) is 3. The third-order valence-electron chi connectivity index (χ3n) is 4.74. The van der Waals surface area contributed by atoms with Gasteiger partial charge in [0.15, 0.2) is 0 Å². The second-order valence-corrected chi connectivity index (χ2v) is 7.31. The van der Waals surface area contributed by atoms with Crippen molar-refractivity contribution in [3.05, 3.63) is 105 Å². The molecule has 1 heterocycles. The van der Waals surface area contributed by atoms with Crippen LogP contribution in [0.1, 0.15) is 21.7 Å². The van der Waals surface area contributed by atoms with Crippen LogP contribution in [0.25, 0.3) is 10.9 Å². The lowest BCUT2D eigenvalue weighted by atomic mass is 10.1. The maximum Gasteiger partial charge on any atom is 0.261 e. The molecule has 0 unspecified atom stereocenters. The molecule has 0 aliphatic rings. The van der Waals surface area contributed by atoms with Crippen LogP contribution in [-0.2, 0) is 6.54 Å². The minimum Gasteiger partial charge on any atom is -0.322 e. The Morgan fingerprint density at radius 1 is 1.10 bits per heavy atom. The van der Waals surface area contributed by atoms with Crippen LogP contribution in [0.2, 0.25) is 5.02 Å². The molecule has 0 aliphatic heterocycles. The number of aromatic nitrogens is 2. The summed E-state index contributed by atoms with van der Waals surface area (Å²) in [5, 5.41) is 3.70. The maximum atomic E-state index is 13.4. The van der Waals surface area contributed by atoms with E-state index in [1.54, 1.807) is 41.8 Å². The highest BCUT2D eigenvalue weighted by Gasteiger charge is 2.12. The predicted molar refractivity (Wildman–Crippen MR) is 116 cm³/mol. The van der Waals surface area contributed by atoms with Gasteiger partial charge < -0.3 is 5.32 Å². The third-order valence-corrected chi connectivity index (χ3v) is 5.00.